The zero-order valence-electron chi connectivity index (χ0n) is 12.5. The maximum atomic E-state index is 3.97. The molecule has 0 aromatic heterocycles. The molecule has 0 saturated carbocycles. The van der Waals surface area contributed by atoms with Gasteiger partial charge in [0.1, 0.15) is 0 Å². The Kier molecular flexibility index (Phi) is 5.67. The van der Waals surface area contributed by atoms with Gasteiger partial charge in [-0.05, 0) is 0 Å². The van der Waals surface area contributed by atoms with Gasteiger partial charge in [0.2, 0.25) is 0 Å². The normalized spacial score (nSPS) is 12.1. The van der Waals surface area contributed by atoms with Crippen LogP contribution in [-0.4, -0.2) is 0 Å². The van der Waals surface area contributed by atoms with Crippen LogP contribution in [0.25, 0.3) is 0 Å². The first-order valence-corrected chi connectivity index (χ1v) is 14.0. The second-order valence-electron chi connectivity index (χ2n) is 5.65. The average molecular weight is 445 g/mol. The average Bonchev–Trinajstić information content (AvgIpc) is 2.46. The molecular formula is C18H22BrI. The molecule has 0 unspecified atom stereocenters. The van der Waals surface area contributed by atoms with Gasteiger partial charge in [0.05, 0.1) is 0 Å². The third-order valence-electron chi connectivity index (χ3n) is 3.46. The van der Waals surface area contributed by atoms with E-state index in [-0.39, 0.29) is 0 Å². The van der Waals surface area contributed by atoms with Crippen LogP contribution in [0, 0.1) is 7.14 Å². The fourth-order valence-electron chi connectivity index (χ4n) is 2.04. The summed E-state index contributed by atoms with van der Waals surface area (Å²) in [5, 5.41) is 0. The Morgan fingerprint density at radius 1 is 0.650 bits per heavy atom. The van der Waals surface area contributed by atoms with Gasteiger partial charge in [-0.25, -0.2) is 0 Å². The molecule has 2 heteroatoms. The fraction of sp³-hybridized carbons (Fsp3) is 0.333. The van der Waals surface area contributed by atoms with Crippen LogP contribution in [0.3, 0.4) is 0 Å². The summed E-state index contributed by atoms with van der Waals surface area (Å²) in [5.74, 6) is 1.21. The zero-order valence-corrected chi connectivity index (χ0v) is 16.3. The van der Waals surface area contributed by atoms with Gasteiger partial charge in [-0.1, -0.05) is 0 Å². The number of hydrogen-bond acceptors (Lipinski definition) is 0. The van der Waals surface area contributed by atoms with Gasteiger partial charge >= 0.3 is 137 Å². The molecule has 2 rings (SSSR count). The molecule has 0 N–H and O–H groups in total. The SMILES string of the molecule is CC(C)c1ccc(I(Br)c2ccc(C(C)C)cc2)cc1. The first-order chi connectivity index (χ1) is 9.49. The first kappa shape index (κ1) is 16.0. The molecule has 0 saturated heterocycles. The van der Waals surface area contributed by atoms with Crippen molar-refractivity contribution in [2.75, 3.05) is 0 Å². The van der Waals surface area contributed by atoms with Crippen molar-refractivity contribution in [2.24, 2.45) is 0 Å². The quantitative estimate of drug-likeness (QED) is 0.455. The van der Waals surface area contributed by atoms with E-state index in [2.05, 4.69) is 88.9 Å². The van der Waals surface area contributed by atoms with E-state index in [1.807, 2.05) is 0 Å². The summed E-state index contributed by atoms with van der Waals surface area (Å²) in [6, 6.07) is 18.3. The van der Waals surface area contributed by atoms with Crippen LogP contribution >= 0.6 is 30.3 Å². The predicted molar refractivity (Wildman–Crippen MR) is 101 cm³/mol. The number of halogens is 2. The van der Waals surface area contributed by atoms with Crippen molar-refractivity contribution >= 4 is 30.3 Å². The molecule has 0 bridgehead atoms. The molecule has 2 aromatic carbocycles. The Balaban J connectivity index is 2.19. The van der Waals surface area contributed by atoms with Gasteiger partial charge < -0.3 is 0 Å². The monoisotopic (exact) mass is 444 g/mol. The summed E-state index contributed by atoms with van der Waals surface area (Å²) >= 11 is 2.57. The number of hydrogen-bond donors (Lipinski definition) is 0. The molecule has 2 aromatic rings. The predicted octanol–water partition coefficient (Wildman–Crippen LogP) is 6.79. The van der Waals surface area contributed by atoms with E-state index >= 15 is 0 Å². The molecule has 0 aliphatic carbocycles. The van der Waals surface area contributed by atoms with E-state index in [1.165, 1.54) is 18.3 Å². The van der Waals surface area contributed by atoms with Gasteiger partial charge in [0.15, 0.2) is 0 Å². The van der Waals surface area contributed by atoms with Gasteiger partial charge in [0, 0.05) is 0 Å². The minimum absolute atomic E-state index is 0.604. The van der Waals surface area contributed by atoms with E-state index < -0.39 is 17.6 Å². The summed E-state index contributed by atoms with van der Waals surface area (Å²) in [4.78, 5) is 0. The summed E-state index contributed by atoms with van der Waals surface area (Å²) in [5.41, 5.74) is 2.83. The van der Waals surface area contributed by atoms with Crippen LogP contribution < -0.4 is 0 Å². The van der Waals surface area contributed by atoms with Crippen LogP contribution in [0.4, 0.5) is 0 Å². The van der Waals surface area contributed by atoms with Crippen molar-refractivity contribution < 1.29 is 0 Å². The van der Waals surface area contributed by atoms with E-state index in [4.69, 9.17) is 0 Å². The Morgan fingerprint density at radius 2 is 0.950 bits per heavy atom. The molecule has 0 heterocycles. The molecule has 108 valence electrons. The molecule has 0 nitrogen and oxygen atoms in total. The molecule has 0 amide bonds. The molecule has 20 heavy (non-hydrogen) atoms. The summed E-state index contributed by atoms with van der Waals surface area (Å²) in [7, 11) is 0. The molecule has 0 radical (unpaired) electrons. The topological polar surface area (TPSA) is 0 Å². The van der Waals surface area contributed by atoms with Gasteiger partial charge in [-0.3, -0.25) is 0 Å². The Morgan fingerprint density at radius 3 is 1.20 bits per heavy atom. The Labute approximate surface area is 136 Å². The van der Waals surface area contributed by atoms with Gasteiger partial charge in [-0.2, -0.15) is 0 Å². The standard InChI is InChI=1S/C18H22BrI/c1-13(2)15-5-9-17(10-6-15)20(19)18-11-7-16(8-12-18)14(3)4/h5-14H,1-4H3. The minimum atomic E-state index is -1.40. The number of benzene rings is 2. The molecule has 0 fully saturated rings. The van der Waals surface area contributed by atoms with Crippen molar-refractivity contribution in [1.29, 1.82) is 0 Å². The Bertz CT molecular complexity index is 489. The van der Waals surface area contributed by atoms with E-state index in [9.17, 15) is 0 Å². The van der Waals surface area contributed by atoms with E-state index in [1.54, 1.807) is 0 Å². The molecule has 0 aliphatic heterocycles. The zero-order chi connectivity index (χ0) is 14.7. The van der Waals surface area contributed by atoms with Crippen LogP contribution in [0.15, 0.2) is 48.5 Å². The van der Waals surface area contributed by atoms with Crippen LogP contribution in [0.5, 0.6) is 0 Å². The summed E-state index contributed by atoms with van der Waals surface area (Å²) in [6.45, 7) is 8.96. The van der Waals surface area contributed by atoms with E-state index in [0.717, 1.165) is 0 Å². The maximum absolute atomic E-state index is 3.97. The second-order valence-corrected chi connectivity index (χ2v) is 13.5. The third-order valence-corrected chi connectivity index (χ3v) is 11.7. The molecule has 0 aliphatic rings. The van der Waals surface area contributed by atoms with E-state index in [0.29, 0.717) is 11.8 Å². The summed E-state index contributed by atoms with van der Waals surface area (Å²) in [6.07, 6.45) is 0. The van der Waals surface area contributed by atoms with Crippen LogP contribution in [-0.2, 0) is 0 Å². The van der Waals surface area contributed by atoms with Crippen molar-refractivity contribution in [3.63, 3.8) is 0 Å². The van der Waals surface area contributed by atoms with Gasteiger partial charge in [-0.15, -0.1) is 0 Å². The first-order valence-electron chi connectivity index (χ1n) is 7.05. The fourth-order valence-corrected chi connectivity index (χ4v) is 7.42. The summed E-state index contributed by atoms with van der Waals surface area (Å²) < 4.78 is 2.94. The van der Waals surface area contributed by atoms with Crippen molar-refractivity contribution in [1.82, 2.24) is 0 Å². The van der Waals surface area contributed by atoms with Crippen LogP contribution in [0.2, 0.25) is 0 Å². The molecular weight excluding hydrogens is 423 g/mol. The third kappa shape index (κ3) is 3.85. The van der Waals surface area contributed by atoms with Gasteiger partial charge in [0.25, 0.3) is 0 Å². The van der Waals surface area contributed by atoms with Crippen molar-refractivity contribution in [3.05, 3.63) is 66.8 Å². The van der Waals surface area contributed by atoms with Crippen molar-refractivity contribution in [3.8, 4) is 0 Å². The van der Waals surface area contributed by atoms with Crippen molar-refractivity contribution in [2.45, 2.75) is 39.5 Å². The second kappa shape index (κ2) is 7.08. The molecule has 0 spiro atoms. The molecule has 0 atom stereocenters. The number of rotatable bonds is 4. The van der Waals surface area contributed by atoms with Crippen LogP contribution in [0.1, 0.15) is 50.7 Å². The Hall–Kier alpha value is -0.350.